The van der Waals surface area contributed by atoms with Crippen LogP contribution in [0.3, 0.4) is 0 Å². The number of hydrogen-bond acceptors (Lipinski definition) is 5. The van der Waals surface area contributed by atoms with E-state index in [0.717, 1.165) is 52.5 Å². The van der Waals surface area contributed by atoms with E-state index in [0.29, 0.717) is 26.2 Å². The molecule has 7 nitrogen and oxygen atoms in total. The minimum absolute atomic E-state index is 0.0478. The summed E-state index contributed by atoms with van der Waals surface area (Å²) in [5, 5.41) is 5.70. The average molecular weight is 543 g/mol. The molecule has 0 radical (unpaired) electrons. The molecule has 1 unspecified atom stereocenters. The lowest BCUT2D eigenvalue weighted by Gasteiger charge is -2.36. The summed E-state index contributed by atoms with van der Waals surface area (Å²) >= 11 is 0. The lowest BCUT2D eigenvalue weighted by Crippen LogP contribution is -2.49. The molecular weight excluding hydrogens is 503 g/mol. The van der Waals surface area contributed by atoms with Crippen LogP contribution in [0.4, 0.5) is 10.2 Å². The van der Waals surface area contributed by atoms with E-state index in [9.17, 15) is 9.18 Å². The third-order valence-corrected chi connectivity index (χ3v) is 7.80. The summed E-state index contributed by atoms with van der Waals surface area (Å²) < 4.78 is 15.4. The van der Waals surface area contributed by atoms with Gasteiger partial charge in [0.05, 0.1) is 16.8 Å². The number of aryl methyl sites for hydroxylation is 1. The lowest BCUT2D eigenvalue weighted by molar-refractivity contribution is 0.0746. The van der Waals surface area contributed by atoms with Crippen LogP contribution < -0.4 is 4.90 Å². The molecule has 1 atom stereocenters. The number of nitrogens with zero attached hydrogens (tertiary/aromatic N) is 6. The van der Waals surface area contributed by atoms with Gasteiger partial charge in [0.15, 0.2) is 5.65 Å². The van der Waals surface area contributed by atoms with Crippen molar-refractivity contribution in [3.63, 3.8) is 0 Å². The molecule has 1 saturated heterocycles. The highest BCUT2D eigenvalue weighted by Gasteiger charge is 2.28. The Balaban J connectivity index is 1.44. The highest BCUT2D eigenvalue weighted by Crippen LogP contribution is 2.32. The van der Waals surface area contributed by atoms with Gasteiger partial charge in [-0.2, -0.15) is 5.10 Å². The van der Waals surface area contributed by atoms with Crippen LogP contribution in [-0.4, -0.2) is 56.7 Å². The Morgan fingerprint density at radius 2 is 1.62 bits per heavy atom. The fourth-order valence-corrected chi connectivity index (χ4v) is 5.37. The fourth-order valence-electron chi connectivity index (χ4n) is 5.37. The number of halogens is 1. The zero-order valence-corrected chi connectivity index (χ0v) is 24.4. The van der Waals surface area contributed by atoms with E-state index in [2.05, 4.69) is 51.7 Å². The lowest BCUT2D eigenvalue weighted by atomic mass is 9.86. The maximum Gasteiger partial charge on any atom is 0.253 e. The van der Waals surface area contributed by atoms with E-state index in [4.69, 9.17) is 15.1 Å². The molecule has 3 heterocycles. The SMILES string of the molecule is CCCC(C)c1nc(N2CCN(C(=O)c3ccc(C(C)(C)C)cc3)CC2)c2c(C)nn(-c3ccc(F)cc3)c2n1. The van der Waals surface area contributed by atoms with Crippen LogP contribution in [0, 0.1) is 12.7 Å². The van der Waals surface area contributed by atoms with Gasteiger partial charge in [-0.25, -0.2) is 19.0 Å². The van der Waals surface area contributed by atoms with Gasteiger partial charge in [0.2, 0.25) is 0 Å². The van der Waals surface area contributed by atoms with E-state index in [1.807, 2.05) is 24.0 Å². The number of fused-ring (bicyclic) bond motifs is 1. The third kappa shape index (κ3) is 5.44. The molecule has 5 rings (SSSR count). The van der Waals surface area contributed by atoms with E-state index >= 15 is 0 Å². The van der Waals surface area contributed by atoms with Gasteiger partial charge < -0.3 is 9.80 Å². The molecule has 0 bridgehead atoms. The monoisotopic (exact) mass is 542 g/mol. The van der Waals surface area contributed by atoms with E-state index in [-0.39, 0.29) is 23.1 Å². The van der Waals surface area contributed by atoms with Crippen LogP contribution in [0.15, 0.2) is 48.5 Å². The Hall–Kier alpha value is -3.81. The zero-order valence-electron chi connectivity index (χ0n) is 24.4. The predicted octanol–water partition coefficient (Wildman–Crippen LogP) is 6.43. The summed E-state index contributed by atoms with van der Waals surface area (Å²) in [6.45, 7) is 15.3. The molecule has 1 aliphatic heterocycles. The largest absolute Gasteiger partial charge is 0.352 e. The molecule has 1 amide bonds. The quantitative estimate of drug-likeness (QED) is 0.281. The predicted molar refractivity (Wildman–Crippen MR) is 158 cm³/mol. The molecule has 210 valence electrons. The summed E-state index contributed by atoms with van der Waals surface area (Å²) in [5.41, 5.74) is 4.29. The molecule has 2 aromatic carbocycles. The molecule has 8 heteroatoms. The number of benzene rings is 2. The van der Waals surface area contributed by atoms with Crippen molar-refractivity contribution in [2.24, 2.45) is 0 Å². The first-order valence-electron chi connectivity index (χ1n) is 14.2. The first-order chi connectivity index (χ1) is 19.1. The molecule has 4 aromatic rings. The molecule has 0 aliphatic carbocycles. The maximum atomic E-state index is 13.7. The van der Waals surface area contributed by atoms with Crippen molar-refractivity contribution < 1.29 is 9.18 Å². The minimum atomic E-state index is -0.290. The Morgan fingerprint density at radius 1 is 0.975 bits per heavy atom. The van der Waals surface area contributed by atoms with Crippen molar-refractivity contribution >= 4 is 22.8 Å². The maximum absolute atomic E-state index is 13.7. The fraction of sp³-hybridized carbons (Fsp3) is 0.438. The van der Waals surface area contributed by atoms with Crippen LogP contribution in [0.5, 0.6) is 0 Å². The zero-order chi connectivity index (χ0) is 28.6. The van der Waals surface area contributed by atoms with Gasteiger partial charge in [-0.1, -0.05) is 53.2 Å². The Bertz CT molecular complexity index is 1500. The van der Waals surface area contributed by atoms with Gasteiger partial charge in [0, 0.05) is 37.7 Å². The Labute approximate surface area is 236 Å². The van der Waals surface area contributed by atoms with Gasteiger partial charge in [0.1, 0.15) is 17.5 Å². The second kappa shape index (κ2) is 11.0. The van der Waals surface area contributed by atoms with Crippen LogP contribution in [0.1, 0.15) is 80.8 Å². The molecule has 0 saturated carbocycles. The highest BCUT2D eigenvalue weighted by atomic mass is 19.1. The number of carbonyl (C=O) groups is 1. The summed E-state index contributed by atoms with van der Waals surface area (Å²) in [6, 6.07) is 14.3. The summed E-state index contributed by atoms with van der Waals surface area (Å²) in [5.74, 6) is 1.59. The van der Waals surface area contributed by atoms with Gasteiger partial charge in [-0.15, -0.1) is 0 Å². The topological polar surface area (TPSA) is 67.2 Å². The second-order valence-corrected chi connectivity index (χ2v) is 11.9. The van der Waals surface area contributed by atoms with Gasteiger partial charge in [0.25, 0.3) is 5.91 Å². The molecule has 40 heavy (non-hydrogen) atoms. The average Bonchev–Trinajstić information content (AvgIpc) is 3.28. The number of amides is 1. The third-order valence-electron chi connectivity index (χ3n) is 7.80. The molecule has 0 spiro atoms. The number of anilines is 1. The number of hydrogen-bond donors (Lipinski definition) is 0. The molecular formula is C32H39FN6O. The number of rotatable bonds is 6. The number of carbonyl (C=O) groups excluding carboxylic acids is 1. The highest BCUT2D eigenvalue weighted by molar-refractivity contribution is 5.95. The van der Waals surface area contributed by atoms with E-state index in [1.165, 1.54) is 17.7 Å². The molecule has 1 fully saturated rings. The Morgan fingerprint density at radius 3 is 2.23 bits per heavy atom. The normalized spacial score (nSPS) is 15.1. The minimum Gasteiger partial charge on any atom is -0.352 e. The molecule has 2 aromatic heterocycles. The van der Waals surface area contributed by atoms with Crippen molar-refractivity contribution in [2.75, 3.05) is 31.1 Å². The first kappa shape index (κ1) is 27.7. The summed E-state index contributed by atoms with van der Waals surface area (Å²) in [6.07, 6.45) is 2.01. The van der Waals surface area contributed by atoms with Crippen LogP contribution in [0.2, 0.25) is 0 Å². The molecule has 1 aliphatic rings. The Kier molecular flexibility index (Phi) is 7.62. The van der Waals surface area contributed by atoms with Crippen molar-refractivity contribution in [3.05, 3.63) is 77.0 Å². The van der Waals surface area contributed by atoms with Gasteiger partial charge >= 0.3 is 0 Å². The van der Waals surface area contributed by atoms with Crippen molar-refractivity contribution in [1.29, 1.82) is 0 Å². The van der Waals surface area contributed by atoms with E-state index in [1.54, 1.807) is 16.8 Å². The van der Waals surface area contributed by atoms with Crippen molar-refractivity contribution in [2.45, 2.75) is 65.7 Å². The number of aromatic nitrogens is 4. The number of piperazine rings is 1. The van der Waals surface area contributed by atoms with Gasteiger partial charge in [-0.3, -0.25) is 4.79 Å². The summed E-state index contributed by atoms with van der Waals surface area (Å²) in [4.78, 5) is 27.6. The second-order valence-electron chi connectivity index (χ2n) is 11.9. The van der Waals surface area contributed by atoms with Crippen LogP contribution >= 0.6 is 0 Å². The van der Waals surface area contributed by atoms with Crippen LogP contribution in [0.25, 0.3) is 16.7 Å². The van der Waals surface area contributed by atoms with E-state index < -0.39 is 0 Å². The smallest absolute Gasteiger partial charge is 0.253 e. The molecule has 0 N–H and O–H groups in total. The van der Waals surface area contributed by atoms with Gasteiger partial charge in [-0.05, 0) is 60.7 Å². The standard InChI is InChI=1S/C32H39FN6O/c1-7-8-21(2)28-34-29(27-22(3)36-39(30(27)35-28)26-15-13-25(33)14-16-26)37-17-19-38(20-18-37)31(40)23-9-11-24(12-10-23)32(4,5)6/h9-16,21H,7-8,17-20H2,1-6H3. The first-order valence-corrected chi connectivity index (χ1v) is 14.2. The summed E-state index contributed by atoms with van der Waals surface area (Å²) in [7, 11) is 0. The van der Waals surface area contributed by atoms with Crippen LogP contribution in [-0.2, 0) is 5.41 Å². The van der Waals surface area contributed by atoms with Crippen molar-refractivity contribution in [3.8, 4) is 5.69 Å². The van der Waals surface area contributed by atoms with Crippen molar-refractivity contribution in [1.82, 2.24) is 24.6 Å².